The summed E-state index contributed by atoms with van der Waals surface area (Å²) in [5.41, 5.74) is -0.916. The number of aromatic nitrogens is 2. The first kappa shape index (κ1) is 30.3. The molecule has 1 saturated heterocycles. The number of carbonyl (C=O) groups is 2. The average Bonchev–Trinajstić information content (AvgIpc) is 3.34. The molecule has 214 valence electrons. The lowest BCUT2D eigenvalue weighted by Gasteiger charge is -2.28. The summed E-state index contributed by atoms with van der Waals surface area (Å²) in [5, 5.41) is 11.9. The molecule has 11 heteroatoms. The lowest BCUT2D eigenvalue weighted by Crippen LogP contribution is -2.37. The summed E-state index contributed by atoms with van der Waals surface area (Å²) >= 11 is 0. The molecule has 2 atom stereocenters. The summed E-state index contributed by atoms with van der Waals surface area (Å²) in [4.78, 5) is 43.9. The van der Waals surface area contributed by atoms with Crippen molar-refractivity contribution in [2.24, 2.45) is 5.41 Å². The van der Waals surface area contributed by atoms with Crippen molar-refractivity contribution in [3.63, 3.8) is 0 Å². The molecule has 2 N–H and O–H groups in total. The van der Waals surface area contributed by atoms with Gasteiger partial charge in [-0.05, 0) is 45.2 Å². The van der Waals surface area contributed by atoms with Crippen LogP contribution >= 0.6 is 0 Å². The van der Waals surface area contributed by atoms with Gasteiger partial charge in [-0.2, -0.15) is 4.98 Å². The third-order valence-electron chi connectivity index (χ3n) is 6.23. The number of amides is 2. The molecular weight excluding hydrogens is 504 g/mol. The molecule has 1 fully saturated rings. The fourth-order valence-electron chi connectivity index (χ4n) is 4.02. The third kappa shape index (κ3) is 9.15. The highest BCUT2D eigenvalue weighted by Gasteiger charge is 2.30. The highest BCUT2D eigenvalue weighted by atomic mass is 16.7. The maximum absolute atomic E-state index is 13.0. The van der Waals surface area contributed by atoms with Gasteiger partial charge in [-0.1, -0.05) is 50.6 Å². The summed E-state index contributed by atoms with van der Waals surface area (Å²) < 4.78 is 17.5. The number of hydrogen-bond donors (Lipinski definition) is 2. The van der Waals surface area contributed by atoms with Gasteiger partial charge in [0.25, 0.3) is 0 Å². The number of nitrogens with one attached hydrogen (secondary N) is 1. The largest absolute Gasteiger partial charge is 0.444 e. The Labute approximate surface area is 229 Å². The summed E-state index contributed by atoms with van der Waals surface area (Å²) in [6, 6.07) is 11.3. The Bertz CT molecular complexity index is 1160. The Morgan fingerprint density at radius 1 is 1.15 bits per heavy atom. The first-order chi connectivity index (χ1) is 18.4. The third-order valence-corrected chi connectivity index (χ3v) is 6.23. The van der Waals surface area contributed by atoms with Crippen molar-refractivity contribution in [2.45, 2.75) is 78.5 Å². The van der Waals surface area contributed by atoms with E-state index >= 15 is 0 Å². The monoisotopic (exact) mass is 544 g/mol. The van der Waals surface area contributed by atoms with Crippen molar-refractivity contribution >= 4 is 17.8 Å². The number of carbonyl (C=O) groups excluding carboxylic acids is 2. The van der Waals surface area contributed by atoms with E-state index in [-0.39, 0.29) is 31.0 Å². The number of unbranched alkanes of at least 4 members (excludes halogenated alkanes) is 1. The van der Waals surface area contributed by atoms with Crippen molar-refractivity contribution < 1.29 is 28.9 Å². The maximum Gasteiger partial charge on any atom is 0.410 e. The molecule has 0 unspecified atom stereocenters. The molecule has 1 aromatic heterocycles. The Balaban J connectivity index is 1.53. The number of benzene rings is 1. The SMILES string of the molecule is CC(C)(C)OC(=O)N(CCCCC(C)(C)C(=O)Nc1ccn([C@@H]2CO[C@H](CO)O2)c(=O)n1)Cc1ccccc1. The summed E-state index contributed by atoms with van der Waals surface area (Å²) in [7, 11) is 0. The molecule has 2 amide bonds. The van der Waals surface area contributed by atoms with Crippen LogP contribution in [0, 0.1) is 5.41 Å². The van der Waals surface area contributed by atoms with Gasteiger partial charge < -0.3 is 29.5 Å². The van der Waals surface area contributed by atoms with Gasteiger partial charge in [0.15, 0.2) is 12.5 Å². The van der Waals surface area contributed by atoms with Crippen LogP contribution in [0.5, 0.6) is 0 Å². The number of aliphatic hydroxyl groups excluding tert-OH is 1. The van der Waals surface area contributed by atoms with E-state index in [2.05, 4.69) is 10.3 Å². The predicted molar refractivity (Wildman–Crippen MR) is 145 cm³/mol. The van der Waals surface area contributed by atoms with Crippen LogP contribution in [0.4, 0.5) is 10.6 Å². The highest BCUT2D eigenvalue weighted by Crippen LogP contribution is 2.26. The standard InChI is InChI=1S/C28H40N4O7/c1-27(2,3)39-26(36)31(17-20-11-7-6-8-12-20)15-10-9-14-28(4,5)24(34)29-21-13-16-32(25(35)30-21)22-19-37-23(18-33)38-22/h6-8,11-13,16,22-23,33H,9-10,14-15,17-19H2,1-5H3,(H,29,30,34,35)/t22-,23-/m0/s1. The summed E-state index contributed by atoms with van der Waals surface area (Å²) in [5.74, 6) is -0.118. The van der Waals surface area contributed by atoms with Crippen molar-refractivity contribution in [2.75, 3.05) is 25.1 Å². The highest BCUT2D eigenvalue weighted by molar-refractivity contribution is 5.93. The zero-order valence-corrected chi connectivity index (χ0v) is 23.4. The van der Waals surface area contributed by atoms with Crippen LogP contribution in [0.25, 0.3) is 0 Å². The van der Waals surface area contributed by atoms with Gasteiger partial charge in [0, 0.05) is 24.7 Å². The molecule has 3 rings (SSSR count). The van der Waals surface area contributed by atoms with Gasteiger partial charge in [-0.15, -0.1) is 0 Å². The van der Waals surface area contributed by atoms with Gasteiger partial charge in [-0.3, -0.25) is 9.36 Å². The molecule has 0 bridgehead atoms. The van der Waals surface area contributed by atoms with Crippen LogP contribution < -0.4 is 11.0 Å². The average molecular weight is 545 g/mol. The quantitative estimate of drug-likeness (QED) is 0.410. The Hall–Kier alpha value is -3.28. The molecule has 1 aliphatic rings. The molecule has 0 spiro atoms. The summed E-state index contributed by atoms with van der Waals surface area (Å²) in [6.45, 7) is 9.92. The molecule has 1 aromatic carbocycles. The van der Waals surface area contributed by atoms with Gasteiger partial charge in [0.1, 0.15) is 11.4 Å². The zero-order chi connectivity index (χ0) is 28.6. The van der Waals surface area contributed by atoms with Crippen molar-refractivity contribution in [3.8, 4) is 0 Å². The van der Waals surface area contributed by atoms with Crippen LogP contribution in [0.15, 0.2) is 47.4 Å². The molecule has 0 saturated carbocycles. The predicted octanol–water partition coefficient (Wildman–Crippen LogP) is 3.68. The molecule has 0 radical (unpaired) electrons. The van der Waals surface area contributed by atoms with E-state index in [1.807, 2.05) is 65.0 Å². The Morgan fingerprint density at radius 2 is 1.87 bits per heavy atom. The fourth-order valence-corrected chi connectivity index (χ4v) is 4.02. The van der Waals surface area contributed by atoms with E-state index < -0.39 is 29.2 Å². The van der Waals surface area contributed by atoms with Gasteiger partial charge in [0.2, 0.25) is 5.91 Å². The molecule has 2 heterocycles. The Kier molecular flexibility index (Phi) is 10.2. The van der Waals surface area contributed by atoms with E-state index in [9.17, 15) is 14.4 Å². The number of ether oxygens (including phenoxy) is 3. The Morgan fingerprint density at radius 3 is 2.49 bits per heavy atom. The van der Waals surface area contributed by atoms with Gasteiger partial charge in [0.05, 0.1) is 13.2 Å². The number of hydrogen-bond acceptors (Lipinski definition) is 8. The lowest BCUT2D eigenvalue weighted by molar-refractivity contribution is -0.124. The molecule has 2 aromatic rings. The minimum atomic E-state index is -0.781. The van der Waals surface area contributed by atoms with Crippen LogP contribution in [0.1, 0.15) is 65.7 Å². The minimum absolute atomic E-state index is 0.113. The molecule has 11 nitrogen and oxygen atoms in total. The molecule has 39 heavy (non-hydrogen) atoms. The van der Waals surface area contributed by atoms with Crippen molar-refractivity contribution in [1.29, 1.82) is 0 Å². The number of aliphatic hydroxyl groups is 1. The molecule has 0 aliphatic carbocycles. The van der Waals surface area contributed by atoms with Crippen molar-refractivity contribution in [1.82, 2.24) is 14.5 Å². The normalized spacial score (nSPS) is 17.6. The number of rotatable bonds is 11. The second-order valence-corrected chi connectivity index (χ2v) is 11.2. The van der Waals surface area contributed by atoms with Crippen LogP contribution in [-0.2, 0) is 25.5 Å². The van der Waals surface area contributed by atoms with E-state index in [4.69, 9.17) is 19.3 Å². The topological polar surface area (TPSA) is 132 Å². The van der Waals surface area contributed by atoms with E-state index in [1.54, 1.807) is 4.90 Å². The van der Waals surface area contributed by atoms with E-state index in [0.29, 0.717) is 32.4 Å². The van der Waals surface area contributed by atoms with Crippen molar-refractivity contribution in [3.05, 3.63) is 58.6 Å². The fraction of sp³-hybridized carbons (Fsp3) is 0.571. The van der Waals surface area contributed by atoms with E-state index in [1.165, 1.54) is 16.8 Å². The van der Waals surface area contributed by atoms with Crippen LogP contribution in [0.3, 0.4) is 0 Å². The number of nitrogens with zero attached hydrogens (tertiary/aromatic N) is 3. The maximum atomic E-state index is 13.0. The molecular formula is C28H40N4O7. The summed E-state index contributed by atoms with van der Waals surface area (Å²) in [6.07, 6.45) is 1.60. The molecule has 1 aliphatic heterocycles. The minimum Gasteiger partial charge on any atom is -0.444 e. The lowest BCUT2D eigenvalue weighted by atomic mass is 9.86. The first-order valence-corrected chi connectivity index (χ1v) is 13.2. The second-order valence-electron chi connectivity index (χ2n) is 11.2. The second kappa shape index (κ2) is 13.2. The van der Waals surface area contributed by atoms with Gasteiger partial charge >= 0.3 is 11.8 Å². The zero-order valence-electron chi connectivity index (χ0n) is 23.4. The van der Waals surface area contributed by atoms with E-state index in [0.717, 1.165) is 5.56 Å². The van der Waals surface area contributed by atoms with Gasteiger partial charge in [-0.25, -0.2) is 9.59 Å². The first-order valence-electron chi connectivity index (χ1n) is 13.2. The van der Waals surface area contributed by atoms with Crippen LogP contribution in [-0.4, -0.2) is 63.2 Å². The number of anilines is 1. The smallest absolute Gasteiger partial charge is 0.410 e. The van der Waals surface area contributed by atoms with Crippen LogP contribution in [0.2, 0.25) is 0 Å².